The molecule has 0 aromatic carbocycles. The molecule has 0 bridgehead atoms. The second-order valence-electron chi connectivity index (χ2n) is 5.26. The summed E-state index contributed by atoms with van der Waals surface area (Å²) in [4.78, 5) is 28.5. The number of pyridine rings is 1. The number of fused-ring (bicyclic) bond motifs is 1. The number of carbonyl (C=O) groups is 1. The summed E-state index contributed by atoms with van der Waals surface area (Å²) in [5, 5.41) is 12.2. The molecule has 2 aromatic heterocycles. The fraction of sp³-hybridized carbons (Fsp3) is 0.357. The van der Waals surface area contributed by atoms with Crippen LogP contribution in [0.3, 0.4) is 0 Å². The summed E-state index contributed by atoms with van der Waals surface area (Å²) in [6.45, 7) is 4.94. The Morgan fingerprint density at radius 1 is 1.45 bits per heavy atom. The number of amides is 1. The Balaban J connectivity index is 2.41. The Bertz CT molecular complexity index is 704. The van der Waals surface area contributed by atoms with Crippen molar-refractivity contribution in [1.29, 1.82) is 0 Å². The average molecular weight is 275 g/mol. The van der Waals surface area contributed by atoms with Crippen LogP contribution >= 0.6 is 0 Å². The second kappa shape index (κ2) is 5.05. The zero-order valence-corrected chi connectivity index (χ0v) is 11.6. The van der Waals surface area contributed by atoms with Gasteiger partial charge in [0.05, 0.1) is 11.6 Å². The number of carbonyl (C=O) groups excluding carboxylic acids is 1. The summed E-state index contributed by atoms with van der Waals surface area (Å²) < 4.78 is 1.31. The first-order chi connectivity index (χ1) is 9.33. The van der Waals surface area contributed by atoms with Crippen LogP contribution in [0.2, 0.25) is 0 Å². The van der Waals surface area contributed by atoms with E-state index in [9.17, 15) is 14.7 Å². The van der Waals surface area contributed by atoms with Gasteiger partial charge in [0.15, 0.2) is 0 Å². The van der Waals surface area contributed by atoms with E-state index in [1.807, 2.05) is 0 Å². The van der Waals surface area contributed by atoms with Crippen molar-refractivity contribution in [3.8, 4) is 0 Å². The highest BCUT2D eigenvalue weighted by Gasteiger charge is 2.27. The number of nitrogens with zero attached hydrogens (tertiary/aromatic N) is 2. The maximum absolute atomic E-state index is 12.2. The van der Waals surface area contributed by atoms with Gasteiger partial charge in [-0.2, -0.15) is 0 Å². The van der Waals surface area contributed by atoms with Gasteiger partial charge in [-0.3, -0.25) is 14.0 Å². The molecule has 1 atom stereocenters. The van der Waals surface area contributed by atoms with Crippen molar-refractivity contribution in [3.63, 3.8) is 0 Å². The standard InChI is InChI=1S/C14H17N3O3/c1-9(18)14(2,3)16-12(19)10-8-15-11-6-4-5-7-17(11)13(10)20/h4-9,18H,1-3H3,(H,16,19). The maximum Gasteiger partial charge on any atom is 0.270 e. The molecule has 2 rings (SSSR count). The predicted octanol–water partition coefficient (Wildman–Crippen LogP) is 0.584. The number of aliphatic hydroxyl groups excluding tert-OH is 1. The summed E-state index contributed by atoms with van der Waals surface area (Å²) >= 11 is 0. The van der Waals surface area contributed by atoms with E-state index in [0.717, 1.165) is 0 Å². The first-order valence-corrected chi connectivity index (χ1v) is 6.30. The van der Waals surface area contributed by atoms with Crippen molar-refractivity contribution in [2.24, 2.45) is 0 Å². The van der Waals surface area contributed by atoms with Crippen LogP contribution in [-0.4, -0.2) is 32.0 Å². The summed E-state index contributed by atoms with van der Waals surface area (Å²) in [7, 11) is 0. The van der Waals surface area contributed by atoms with Gasteiger partial charge in [-0.1, -0.05) is 6.07 Å². The van der Waals surface area contributed by atoms with E-state index in [0.29, 0.717) is 5.65 Å². The maximum atomic E-state index is 12.2. The third kappa shape index (κ3) is 2.55. The van der Waals surface area contributed by atoms with Gasteiger partial charge >= 0.3 is 0 Å². The molecule has 1 unspecified atom stereocenters. The SMILES string of the molecule is CC(O)C(C)(C)NC(=O)c1cnc2ccccn2c1=O. The summed E-state index contributed by atoms with van der Waals surface area (Å²) in [5.74, 6) is -0.549. The fourth-order valence-corrected chi connectivity index (χ4v) is 1.65. The van der Waals surface area contributed by atoms with Crippen molar-refractivity contribution in [2.45, 2.75) is 32.4 Å². The van der Waals surface area contributed by atoms with Crippen LogP contribution in [0, 0.1) is 0 Å². The molecule has 0 saturated heterocycles. The van der Waals surface area contributed by atoms with E-state index in [1.165, 1.54) is 10.6 Å². The van der Waals surface area contributed by atoms with Gasteiger partial charge in [0, 0.05) is 12.4 Å². The molecule has 0 aliphatic rings. The van der Waals surface area contributed by atoms with Crippen molar-refractivity contribution < 1.29 is 9.90 Å². The van der Waals surface area contributed by atoms with Crippen LogP contribution < -0.4 is 10.9 Å². The molecular formula is C14H17N3O3. The summed E-state index contributed by atoms with van der Waals surface area (Å²) in [6.07, 6.45) is 2.06. The third-order valence-corrected chi connectivity index (χ3v) is 3.34. The van der Waals surface area contributed by atoms with Gasteiger partial charge in [-0.05, 0) is 32.9 Å². The Hall–Kier alpha value is -2.21. The molecule has 6 nitrogen and oxygen atoms in total. The van der Waals surface area contributed by atoms with Crippen molar-refractivity contribution in [3.05, 3.63) is 46.5 Å². The Labute approximate surface area is 116 Å². The van der Waals surface area contributed by atoms with E-state index >= 15 is 0 Å². The predicted molar refractivity (Wildman–Crippen MR) is 74.7 cm³/mol. The minimum Gasteiger partial charge on any atom is -0.391 e. The van der Waals surface area contributed by atoms with Gasteiger partial charge in [0.1, 0.15) is 11.2 Å². The quantitative estimate of drug-likeness (QED) is 0.858. The molecule has 0 fully saturated rings. The van der Waals surface area contributed by atoms with E-state index in [2.05, 4.69) is 10.3 Å². The van der Waals surface area contributed by atoms with Gasteiger partial charge in [-0.25, -0.2) is 4.98 Å². The average Bonchev–Trinajstić information content (AvgIpc) is 2.38. The van der Waals surface area contributed by atoms with Crippen LogP contribution in [0.1, 0.15) is 31.1 Å². The van der Waals surface area contributed by atoms with Gasteiger partial charge < -0.3 is 10.4 Å². The van der Waals surface area contributed by atoms with Gasteiger partial charge in [0.25, 0.3) is 11.5 Å². The molecule has 0 radical (unpaired) electrons. The monoisotopic (exact) mass is 275 g/mol. The molecule has 6 heteroatoms. The number of aromatic nitrogens is 2. The Morgan fingerprint density at radius 2 is 2.15 bits per heavy atom. The van der Waals surface area contributed by atoms with Gasteiger partial charge in [-0.15, -0.1) is 0 Å². The van der Waals surface area contributed by atoms with E-state index < -0.39 is 23.1 Å². The number of nitrogens with one attached hydrogen (secondary N) is 1. The third-order valence-electron chi connectivity index (χ3n) is 3.34. The van der Waals surface area contributed by atoms with Gasteiger partial charge in [0.2, 0.25) is 0 Å². The number of hydrogen-bond donors (Lipinski definition) is 2. The fourth-order valence-electron chi connectivity index (χ4n) is 1.65. The number of hydrogen-bond acceptors (Lipinski definition) is 4. The van der Waals surface area contributed by atoms with E-state index in [4.69, 9.17) is 0 Å². The lowest BCUT2D eigenvalue weighted by atomic mass is 9.98. The number of rotatable bonds is 3. The molecule has 2 N–H and O–H groups in total. The Kier molecular flexibility index (Phi) is 3.59. The molecular weight excluding hydrogens is 258 g/mol. The minimum absolute atomic E-state index is 0.0533. The van der Waals surface area contributed by atoms with Crippen LogP contribution in [0.5, 0.6) is 0 Å². The van der Waals surface area contributed by atoms with E-state index in [1.54, 1.807) is 45.2 Å². The highest BCUT2D eigenvalue weighted by atomic mass is 16.3. The largest absolute Gasteiger partial charge is 0.391 e. The highest BCUT2D eigenvalue weighted by Crippen LogP contribution is 2.09. The van der Waals surface area contributed by atoms with Crippen molar-refractivity contribution in [2.75, 3.05) is 0 Å². The lowest BCUT2D eigenvalue weighted by Crippen LogP contribution is -2.52. The molecule has 2 heterocycles. The lowest BCUT2D eigenvalue weighted by Gasteiger charge is -2.29. The molecule has 0 spiro atoms. The van der Waals surface area contributed by atoms with E-state index in [-0.39, 0.29) is 5.56 Å². The van der Waals surface area contributed by atoms with Crippen LogP contribution in [0.25, 0.3) is 5.65 Å². The second-order valence-corrected chi connectivity index (χ2v) is 5.26. The van der Waals surface area contributed by atoms with Crippen molar-refractivity contribution >= 4 is 11.6 Å². The van der Waals surface area contributed by atoms with Crippen LogP contribution in [0.15, 0.2) is 35.4 Å². The molecule has 106 valence electrons. The topological polar surface area (TPSA) is 83.7 Å². The Morgan fingerprint density at radius 3 is 2.80 bits per heavy atom. The lowest BCUT2D eigenvalue weighted by molar-refractivity contribution is 0.0707. The first kappa shape index (κ1) is 14.2. The molecule has 2 aromatic rings. The highest BCUT2D eigenvalue weighted by molar-refractivity contribution is 5.94. The summed E-state index contributed by atoms with van der Waals surface area (Å²) in [5.41, 5.74) is -0.847. The van der Waals surface area contributed by atoms with Crippen LogP contribution in [0.4, 0.5) is 0 Å². The number of aliphatic hydroxyl groups is 1. The normalized spacial score (nSPS) is 13.2. The van der Waals surface area contributed by atoms with Crippen LogP contribution in [-0.2, 0) is 0 Å². The molecule has 0 saturated carbocycles. The molecule has 0 aliphatic carbocycles. The first-order valence-electron chi connectivity index (χ1n) is 6.30. The zero-order chi connectivity index (χ0) is 14.9. The molecule has 0 aliphatic heterocycles. The molecule has 1 amide bonds. The minimum atomic E-state index is -0.833. The zero-order valence-electron chi connectivity index (χ0n) is 11.6. The summed E-state index contributed by atoms with van der Waals surface area (Å²) in [6, 6.07) is 5.14. The smallest absolute Gasteiger partial charge is 0.270 e. The van der Waals surface area contributed by atoms with Crippen molar-refractivity contribution in [1.82, 2.24) is 14.7 Å². The molecule has 20 heavy (non-hydrogen) atoms.